The zero-order valence-corrected chi connectivity index (χ0v) is 16.3. The van der Waals surface area contributed by atoms with Gasteiger partial charge in [-0.05, 0) is 58.6 Å². The van der Waals surface area contributed by atoms with E-state index in [0.29, 0.717) is 22.7 Å². The quantitative estimate of drug-likeness (QED) is 0.311. The minimum absolute atomic E-state index is 0.500. The van der Waals surface area contributed by atoms with E-state index in [2.05, 4.69) is 5.32 Å². The summed E-state index contributed by atoms with van der Waals surface area (Å²) in [6.45, 7) is 0. The van der Waals surface area contributed by atoms with Gasteiger partial charge in [0.1, 0.15) is 5.69 Å². The van der Waals surface area contributed by atoms with E-state index in [-0.39, 0.29) is 0 Å². The maximum Gasteiger partial charge on any atom is 0.416 e. The Morgan fingerprint density at radius 1 is 0.767 bits per heavy atom. The highest BCUT2D eigenvalue weighted by Gasteiger charge is 2.30. The van der Waals surface area contributed by atoms with E-state index in [1.165, 1.54) is 23.5 Å². The molecular weight excluding hydrogens is 407 g/mol. The van der Waals surface area contributed by atoms with E-state index in [4.69, 9.17) is 9.97 Å². The summed E-state index contributed by atoms with van der Waals surface area (Å²) >= 11 is 1.53. The Kier molecular flexibility index (Phi) is 4.40. The molecule has 0 amide bonds. The van der Waals surface area contributed by atoms with Crippen molar-refractivity contribution in [2.24, 2.45) is 0 Å². The van der Waals surface area contributed by atoms with Crippen LogP contribution in [0.3, 0.4) is 0 Å². The monoisotopic (exact) mass is 421 g/mol. The molecule has 0 bridgehead atoms. The highest BCUT2D eigenvalue weighted by Crippen LogP contribution is 2.34. The third-order valence-corrected chi connectivity index (χ3v) is 5.64. The van der Waals surface area contributed by atoms with Crippen molar-refractivity contribution >= 4 is 44.6 Å². The predicted molar refractivity (Wildman–Crippen MR) is 115 cm³/mol. The van der Waals surface area contributed by atoms with Crippen LogP contribution in [0, 0.1) is 0 Å². The maximum atomic E-state index is 12.9. The first-order valence-corrected chi connectivity index (χ1v) is 10.0. The van der Waals surface area contributed by atoms with Gasteiger partial charge in [0.2, 0.25) is 0 Å². The van der Waals surface area contributed by atoms with Crippen LogP contribution in [0.4, 0.5) is 24.7 Å². The summed E-state index contributed by atoms with van der Waals surface area (Å²) < 4.78 is 38.6. The lowest BCUT2D eigenvalue weighted by atomic mass is 10.1. The number of halogens is 3. The number of anilines is 2. The lowest BCUT2D eigenvalue weighted by Gasteiger charge is -2.13. The van der Waals surface area contributed by atoms with Gasteiger partial charge in [-0.25, -0.2) is 9.97 Å². The average Bonchev–Trinajstić information content (AvgIpc) is 3.26. The molecule has 0 aliphatic carbocycles. The standard InChI is InChI=1S/C23H14F3N3S/c24-23(25,26)16-7-9-17(10-8-16)27-22-21(20-6-3-11-30-20)28-18-12-14-4-1-2-5-15(14)13-19(18)29-22/h1-13H,(H,27,29). The Balaban J connectivity index is 1.63. The van der Waals surface area contributed by atoms with Gasteiger partial charge in [-0.15, -0.1) is 11.3 Å². The second-order valence-corrected chi connectivity index (χ2v) is 7.73. The van der Waals surface area contributed by atoms with Gasteiger partial charge in [-0.2, -0.15) is 13.2 Å². The van der Waals surface area contributed by atoms with Gasteiger partial charge < -0.3 is 5.32 Å². The molecule has 0 aliphatic heterocycles. The highest BCUT2D eigenvalue weighted by atomic mass is 32.1. The van der Waals surface area contributed by atoms with Gasteiger partial charge in [0, 0.05) is 5.69 Å². The number of hydrogen-bond donors (Lipinski definition) is 1. The molecule has 0 spiro atoms. The molecule has 5 rings (SSSR count). The molecule has 0 unspecified atom stereocenters. The molecule has 0 saturated heterocycles. The second kappa shape index (κ2) is 7.11. The highest BCUT2D eigenvalue weighted by molar-refractivity contribution is 7.13. The van der Waals surface area contributed by atoms with Crippen LogP contribution in [0.5, 0.6) is 0 Å². The Morgan fingerprint density at radius 2 is 1.43 bits per heavy atom. The molecule has 3 nitrogen and oxygen atoms in total. The molecule has 148 valence electrons. The second-order valence-electron chi connectivity index (χ2n) is 6.79. The van der Waals surface area contributed by atoms with Gasteiger partial charge >= 0.3 is 6.18 Å². The Hall–Kier alpha value is -3.45. The average molecular weight is 421 g/mol. The number of fused-ring (bicyclic) bond motifs is 2. The third-order valence-electron chi connectivity index (χ3n) is 4.76. The summed E-state index contributed by atoms with van der Waals surface area (Å²) in [5, 5.41) is 7.21. The number of alkyl halides is 3. The van der Waals surface area contributed by atoms with E-state index in [0.717, 1.165) is 33.3 Å². The fraction of sp³-hybridized carbons (Fsp3) is 0.0435. The van der Waals surface area contributed by atoms with E-state index in [1.807, 2.05) is 53.9 Å². The maximum absolute atomic E-state index is 12.9. The molecule has 0 saturated carbocycles. The Morgan fingerprint density at radius 3 is 2.03 bits per heavy atom. The fourth-order valence-corrected chi connectivity index (χ4v) is 4.01. The fourth-order valence-electron chi connectivity index (χ4n) is 3.29. The lowest BCUT2D eigenvalue weighted by Crippen LogP contribution is -2.05. The van der Waals surface area contributed by atoms with Gasteiger partial charge in [-0.3, -0.25) is 0 Å². The van der Waals surface area contributed by atoms with Crippen molar-refractivity contribution in [2.45, 2.75) is 6.18 Å². The largest absolute Gasteiger partial charge is 0.416 e. The number of nitrogens with one attached hydrogen (secondary N) is 1. The molecule has 7 heteroatoms. The molecule has 2 heterocycles. The van der Waals surface area contributed by atoms with Crippen LogP contribution in [0.25, 0.3) is 32.4 Å². The number of rotatable bonds is 3. The van der Waals surface area contributed by atoms with Gasteiger partial charge in [0.05, 0.1) is 21.5 Å². The molecule has 3 aromatic carbocycles. The Labute approximate surface area is 173 Å². The van der Waals surface area contributed by atoms with Gasteiger partial charge in [0.25, 0.3) is 0 Å². The number of nitrogens with zero attached hydrogens (tertiary/aromatic N) is 2. The summed E-state index contributed by atoms with van der Waals surface area (Å²) in [6.07, 6.45) is -4.37. The summed E-state index contributed by atoms with van der Waals surface area (Å²) in [5.74, 6) is 0.500. The number of aromatic nitrogens is 2. The number of thiophene rings is 1. The third kappa shape index (κ3) is 3.48. The minimum atomic E-state index is -4.37. The minimum Gasteiger partial charge on any atom is -0.338 e. The number of hydrogen-bond acceptors (Lipinski definition) is 4. The molecule has 5 aromatic rings. The van der Waals surface area contributed by atoms with Crippen molar-refractivity contribution in [3.8, 4) is 10.6 Å². The van der Waals surface area contributed by atoms with Crippen LogP contribution in [-0.4, -0.2) is 9.97 Å². The molecule has 0 atom stereocenters. The molecule has 0 fully saturated rings. The summed E-state index contributed by atoms with van der Waals surface area (Å²) in [6, 6.07) is 20.7. The molecular formula is C23H14F3N3S. The summed E-state index contributed by atoms with van der Waals surface area (Å²) in [4.78, 5) is 10.5. The smallest absolute Gasteiger partial charge is 0.338 e. The van der Waals surface area contributed by atoms with E-state index < -0.39 is 11.7 Å². The van der Waals surface area contributed by atoms with E-state index in [9.17, 15) is 13.2 Å². The lowest BCUT2D eigenvalue weighted by molar-refractivity contribution is -0.137. The van der Waals surface area contributed by atoms with Gasteiger partial charge in [0.15, 0.2) is 5.82 Å². The van der Waals surface area contributed by atoms with E-state index >= 15 is 0 Å². The van der Waals surface area contributed by atoms with Crippen molar-refractivity contribution in [1.29, 1.82) is 0 Å². The first-order chi connectivity index (χ1) is 14.5. The van der Waals surface area contributed by atoms with Crippen LogP contribution in [-0.2, 0) is 6.18 Å². The Bertz CT molecular complexity index is 1340. The molecule has 30 heavy (non-hydrogen) atoms. The first-order valence-electron chi connectivity index (χ1n) is 9.16. The van der Waals surface area contributed by atoms with Crippen LogP contribution < -0.4 is 5.32 Å². The molecule has 2 aromatic heterocycles. The zero-order chi connectivity index (χ0) is 20.7. The predicted octanol–water partition coefficient (Wildman–Crippen LogP) is 7.27. The van der Waals surface area contributed by atoms with Crippen molar-refractivity contribution in [1.82, 2.24) is 9.97 Å². The SMILES string of the molecule is FC(F)(F)c1ccc(Nc2nc3cc4ccccc4cc3nc2-c2cccs2)cc1. The number of benzene rings is 3. The van der Waals surface area contributed by atoms with Crippen molar-refractivity contribution in [2.75, 3.05) is 5.32 Å². The van der Waals surface area contributed by atoms with Crippen molar-refractivity contribution in [3.63, 3.8) is 0 Å². The van der Waals surface area contributed by atoms with Crippen LogP contribution in [0.1, 0.15) is 5.56 Å². The first kappa shape index (κ1) is 18.6. The summed E-state index contributed by atoms with van der Waals surface area (Å²) in [7, 11) is 0. The molecule has 1 N–H and O–H groups in total. The van der Waals surface area contributed by atoms with Crippen molar-refractivity contribution in [3.05, 3.63) is 83.7 Å². The summed E-state index contributed by atoms with van der Waals surface area (Å²) in [5.41, 5.74) is 1.95. The molecule has 0 radical (unpaired) electrons. The van der Waals surface area contributed by atoms with E-state index in [1.54, 1.807) is 0 Å². The van der Waals surface area contributed by atoms with Crippen LogP contribution in [0.2, 0.25) is 0 Å². The van der Waals surface area contributed by atoms with Crippen LogP contribution >= 0.6 is 11.3 Å². The van der Waals surface area contributed by atoms with Gasteiger partial charge in [-0.1, -0.05) is 30.3 Å². The molecule has 0 aliphatic rings. The zero-order valence-electron chi connectivity index (χ0n) is 15.4. The van der Waals surface area contributed by atoms with Crippen LogP contribution in [0.15, 0.2) is 78.2 Å². The topological polar surface area (TPSA) is 37.8 Å². The van der Waals surface area contributed by atoms with Crippen molar-refractivity contribution < 1.29 is 13.2 Å². The normalized spacial score (nSPS) is 11.8.